The van der Waals surface area contributed by atoms with E-state index in [-0.39, 0.29) is 0 Å². The summed E-state index contributed by atoms with van der Waals surface area (Å²) in [5.74, 6) is -6.82. The number of aliphatic hydroxyl groups is 1. The van der Waals surface area contributed by atoms with Gasteiger partial charge in [-0.05, 0) is 0 Å². The number of hydrogen-bond donors (Lipinski definition) is 4. The first kappa shape index (κ1) is 13.1. The maximum atomic E-state index is 10.5. The summed E-state index contributed by atoms with van der Waals surface area (Å²) >= 11 is 1.45. The molecule has 0 aromatic heterocycles. The molecule has 0 rings (SSSR count). The Morgan fingerprint density at radius 2 is 1.36 bits per heavy atom. The third-order valence-electron chi connectivity index (χ3n) is 1.38. The Labute approximate surface area is 90.3 Å². The van der Waals surface area contributed by atoms with Crippen LogP contribution in [-0.2, 0) is 35.5 Å². The van der Waals surface area contributed by atoms with Crippen LogP contribution in [0.1, 0.15) is 0 Å². The molecule has 0 bridgehead atoms. The molecule has 0 amide bonds. The summed E-state index contributed by atoms with van der Waals surface area (Å²) in [6.45, 7) is 0. The van der Waals surface area contributed by atoms with Crippen molar-refractivity contribution in [2.45, 2.75) is 10.2 Å². The Bertz CT molecular complexity index is 243. The zero-order valence-corrected chi connectivity index (χ0v) is 8.71. The summed E-state index contributed by atoms with van der Waals surface area (Å²) < 4.78 is -1.53. The Hall–Kier alpha value is -0.890. The number of aliphatic hydroxyl groups excluding tert-OH is 1. The third-order valence-corrected chi connectivity index (χ3v) is 2.70. The van der Waals surface area contributed by atoms with Crippen molar-refractivity contribution in [3.63, 3.8) is 0 Å². The van der Waals surface area contributed by atoms with Gasteiger partial charge in [0.25, 0.3) is 0 Å². The predicted octanol–water partition coefficient (Wildman–Crippen LogP) is -1.45. The zero-order valence-electron chi connectivity index (χ0n) is 6.55. The van der Waals surface area contributed by atoms with E-state index >= 15 is 0 Å². The summed E-state index contributed by atoms with van der Waals surface area (Å²) in [6, 6.07) is 0. The fraction of sp³-hybridized carbons (Fsp3) is 0.500. The number of aliphatic carboxylic acids is 3. The molecular weight excluding hydrogens is 381 g/mol. The average molecular weight is 388 g/mol. The molecule has 84 valence electrons. The number of rotatable bonds is 5. The molecule has 0 heterocycles. The van der Waals surface area contributed by atoms with Crippen LogP contribution < -0.4 is 0 Å². The van der Waals surface area contributed by atoms with Crippen LogP contribution in [0.3, 0.4) is 0 Å². The standard InChI is InChI=1S/C6H7O7.Au/c7-3(8)1-2(5(10)11)4(9)6(12)13;/h1-2,4,9H,(H,7,8)(H,10,11)(H,12,13);. The van der Waals surface area contributed by atoms with Crippen molar-refractivity contribution in [2.24, 2.45) is 5.92 Å². The van der Waals surface area contributed by atoms with Crippen LogP contribution in [0.25, 0.3) is 0 Å². The summed E-state index contributed by atoms with van der Waals surface area (Å²) in [5.41, 5.74) is 0. The predicted molar refractivity (Wildman–Crippen MR) is 36.2 cm³/mol. The van der Waals surface area contributed by atoms with Gasteiger partial charge in [0.2, 0.25) is 0 Å². The fourth-order valence-electron chi connectivity index (χ4n) is 0.703. The molecule has 0 aromatic rings. The van der Waals surface area contributed by atoms with Gasteiger partial charge in [-0.2, -0.15) is 0 Å². The summed E-state index contributed by atoms with van der Waals surface area (Å²) in [5, 5.41) is 34.2. The van der Waals surface area contributed by atoms with E-state index in [0.717, 1.165) is 0 Å². The molecule has 0 aliphatic carbocycles. The third kappa shape index (κ3) is 3.11. The number of carboxylic acids is 3. The van der Waals surface area contributed by atoms with Gasteiger partial charge in [0.05, 0.1) is 0 Å². The first-order chi connectivity index (χ1) is 6.29. The fourth-order valence-corrected chi connectivity index (χ4v) is 1.41. The van der Waals surface area contributed by atoms with Gasteiger partial charge in [-0.1, -0.05) is 0 Å². The molecule has 3 atom stereocenters. The second-order valence-electron chi connectivity index (χ2n) is 2.34. The van der Waals surface area contributed by atoms with Gasteiger partial charge >= 0.3 is 89.9 Å². The molecule has 0 saturated heterocycles. The summed E-state index contributed by atoms with van der Waals surface area (Å²) in [4.78, 5) is 31.1. The van der Waals surface area contributed by atoms with Crippen LogP contribution in [0.15, 0.2) is 0 Å². The van der Waals surface area contributed by atoms with Crippen LogP contribution >= 0.6 is 0 Å². The molecule has 3 unspecified atom stereocenters. The quantitative estimate of drug-likeness (QED) is 0.424. The van der Waals surface area contributed by atoms with Gasteiger partial charge in [-0.3, -0.25) is 0 Å². The Morgan fingerprint density at radius 3 is 1.57 bits per heavy atom. The zero-order chi connectivity index (χ0) is 11.5. The molecule has 7 nitrogen and oxygen atoms in total. The Kier molecular flexibility index (Phi) is 4.78. The molecule has 14 heavy (non-hydrogen) atoms. The number of carboxylic acid groups (broad SMARTS) is 3. The molecule has 4 N–H and O–H groups in total. The van der Waals surface area contributed by atoms with Crippen molar-refractivity contribution >= 4 is 17.9 Å². The van der Waals surface area contributed by atoms with Crippen molar-refractivity contribution in [3.8, 4) is 0 Å². The Morgan fingerprint density at radius 1 is 0.929 bits per heavy atom. The molecule has 0 saturated carbocycles. The molecule has 0 aromatic carbocycles. The van der Waals surface area contributed by atoms with E-state index in [1.807, 2.05) is 0 Å². The second kappa shape index (κ2) is 5.11. The molecule has 0 spiro atoms. The van der Waals surface area contributed by atoms with E-state index in [0.29, 0.717) is 0 Å². The van der Waals surface area contributed by atoms with E-state index in [1.165, 1.54) is 21.1 Å². The second-order valence-corrected chi connectivity index (χ2v) is 3.69. The van der Waals surface area contributed by atoms with Crippen LogP contribution in [0.4, 0.5) is 0 Å². The first-order valence-corrected chi connectivity index (χ1v) is 4.50. The Balaban J connectivity index is 4.86. The van der Waals surface area contributed by atoms with E-state index in [9.17, 15) is 14.4 Å². The van der Waals surface area contributed by atoms with Crippen molar-refractivity contribution in [3.05, 3.63) is 0 Å². The maximum absolute atomic E-state index is 10.5. The van der Waals surface area contributed by atoms with Gasteiger partial charge in [0.15, 0.2) is 0 Å². The van der Waals surface area contributed by atoms with E-state index in [2.05, 4.69) is 0 Å². The molecule has 0 radical (unpaired) electrons. The minimum absolute atomic E-state index is 1.45. The monoisotopic (exact) mass is 388 g/mol. The van der Waals surface area contributed by atoms with Crippen molar-refractivity contribution < 1.29 is 55.9 Å². The topological polar surface area (TPSA) is 132 Å². The summed E-state index contributed by atoms with van der Waals surface area (Å²) in [7, 11) is 0. The van der Waals surface area contributed by atoms with Crippen LogP contribution in [0.2, 0.25) is 4.14 Å². The molecule has 0 aliphatic heterocycles. The van der Waals surface area contributed by atoms with Crippen molar-refractivity contribution in [1.29, 1.82) is 0 Å². The van der Waals surface area contributed by atoms with Gasteiger partial charge in [-0.25, -0.2) is 0 Å². The number of hydrogen-bond acceptors (Lipinski definition) is 4. The SMILES string of the molecule is O=C(O)C(O)C(C(=O)O)[CH]([Au])C(=O)O. The molecule has 0 fully saturated rings. The first-order valence-electron chi connectivity index (χ1n) is 3.25. The van der Waals surface area contributed by atoms with E-state index < -0.39 is 34.1 Å². The molecule has 8 heteroatoms. The summed E-state index contributed by atoms with van der Waals surface area (Å²) in [6.07, 6.45) is -2.24. The normalized spacial score (nSPS) is 16.8. The number of carbonyl (C=O) groups is 3. The molecular formula is C6H7AuO7. The minimum atomic E-state index is -2.24. The molecule has 0 aliphatic rings. The van der Waals surface area contributed by atoms with Crippen molar-refractivity contribution in [1.82, 2.24) is 0 Å². The van der Waals surface area contributed by atoms with Gasteiger partial charge < -0.3 is 0 Å². The average Bonchev–Trinajstić information content (AvgIpc) is 2.03. The van der Waals surface area contributed by atoms with Crippen molar-refractivity contribution in [2.75, 3.05) is 0 Å². The van der Waals surface area contributed by atoms with Crippen LogP contribution in [0, 0.1) is 5.92 Å². The van der Waals surface area contributed by atoms with Crippen LogP contribution in [-0.4, -0.2) is 44.4 Å². The van der Waals surface area contributed by atoms with Gasteiger partial charge in [0, 0.05) is 0 Å². The van der Waals surface area contributed by atoms with Gasteiger partial charge in [0.1, 0.15) is 0 Å². The van der Waals surface area contributed by atoms with Gasteiger partial charge in [-0.15, -0.1) is 0 Å². The van der Waals surface area contributed by atoms with E-state index in [4.69, 9.17) is 20.4 Å². The van der Waals surface area contributed by atoms with Crippen LogP contribution in [0.5, 0.6) is 0 Å². The van der Waals surface area contributed by atoms with E-state index in [1.54, 1.807) is 0 Å².